The molecule has 2 aliphatic rings. The predicted molar refractivity (Wildman–Crippen MR) is 144 cm³/mol. The molecule has 2 aliphatic heterocycles. The lowest BCUT2D eigenvalue weighted by Gasteiger charge is -2.36. The summed E-state index contributed by atoms with van der Waals surface area (Å²) in [7, 11) is 0. The van der Waals surface area contributed by atoms with E-state index in [1.807, 2.05) is 49.0 Å². The van der Waals surface area contributed by atoms with Gasteiger partial charge in [0.2, 0.25) is 5.43 Å². The minimum atomic E-state index is -0.515. The summed E-state index contributed by atoms with van der Waals surface area (Å²) in [5.74, 6) is 0.785. The zero-order chi connectivity index (χ0) is 25.3. The number of carbonyl (C=O) groups excluding carboxylic acids is 1. The second-order valence-corrected chi connectivity index (χ2v) is 12.1. The molecule has 0 bridgehead atoms. The van der Waals surface area contributed by atoms with Crippen molar-refractivity contribution in [1.29, 1.82) is 0 Å². The number of hydrogen-bond donors (Lipinski definition) is 0. The molecule has 0 spiro atoms. The SMILES string of the molecule is CC(C)(C)OC(=O)N1CCN(c2ccc3c(=O)c(SN4CCCCC4)cn(-c4nccs4)c3n2)CC1. The van der Waals surface area contributed by atoms with E-state index in [9.17, 15) is 9.59 Å². The van der Waals surface area contributed by atoms with Crippen LogP contribution in [0.3, 0.4) is 0 Å². The topological polar surface area (TPSA) is 83.8 Å². The van der Waals surface area contributed by atoms with Gasteiger partial charge in [-0.3, -0.25) is 9.36 Å². The van der Waals surface area contributed by atoms with E-state index in [-0.39, 0.29) is 11.5 Å². The van der Waals surface area contributed by atoms with Crippen LogP contribution in [0.2, 0.25) is 0 Å². The summed E-state index contributed by atoms with van der Waals surface area (Å²) >= 11 is 3.06. The van der Waals surface area contributed by atoms with E-state index in [2.05, 4.69) is 14.2 Å². The van der Waals surface area contributed by atoms with Gasteiger partial charge in [0.05, 0.1) is 10.3 Å². The summed E-state index contributed by atoms with van der Waals surface area (Å²) in [6.07, 6.45) is 6.93. The maximum Gasteiger partial charge on any atom is 0.410 e. The van der Waals surface area contributed by atoms with Crippen LogP contribution in [0.1, 0.15) is 40.0 Å². The highest BCUT2D eigenvalue weighted by molar-refractivity contribution is 7.97. The van der Waals surface area contributed by atoms with Crippen LogP contribution >= 0.6 is 23.3 Å². The minimum Gasteiger partial charge on any atom is -0.444 e. The molecule has 0 aromatic carbocycles. The molecular formula is C25H32N6O3S2. The highest BCUT2D eigenvalue weighted by Crippen LogP contribution is 2.28. The molecule has 0 atom stereocenters. The number of thiazole rings is 1. The Kier molecular flexibility index (Phi) is 7.23. The van der Waals surface area contributed by atoms with Gasteiger partial charge in [0.1, 0.15) is 11.4 Å². The van der Waals surface area contributed by atoms with Crippen LogP contribution in [-0.4, -0.2) is 74.7 Å². The number of piperidine rings is 1. The molecule has 0 N–H and O–H groups in total. The summed E-state index contributed by atoms with van der Waals surface area (Å²) in [5, 5.41) is 3.29. The number of anilines is 1. The van der Waals surface area contributed by atoms with Crippen molar-refractivity contribution in [2.45, 2.75) is 50.5 Å². The summed E-state index contributed by atoms with van der Waals surface area (Å²) in [4.78, 5) is 39.9. The first-order valence-electron chi connectivity index (χ1n) is 12.4. The van der Waals surface area contributed by atoms with Gasteiger partial charge >= 0.3 is 6.09 Å². The van der Waals surface area contributed by atoms with Crippen molar-refractivity contribution in [3.05, 3.63) is 40.1 Å². The fourth-order valence-electron chi connectivity index (χ4n) is 4.43. The van der Waals surface area contributed by atoms with Gasteiger partial charge in [0.25, 0.3) is 0 Å². The van der Waals surface area contributed by atoms with Crippen molar-refractivity contribution in [1.82, 2.24) is 23.7 Å². The zero-order valence-electron chi connectivity index (χ0n) is 21.0. The first-order valence-corrected chi connectivity index (χ1v) is 14.1. The molecular weight excluding hydrogens is 496 g/mol. The Bertz CT molecular complexity index is 1270. The van der Waals surface area contributed by atoms with Crippen LogP contribution in [0.15, 0.2) is 39.6 Å². The maximum absolute atomic E-state index is 13.5. The zero-order valence-corrected chi connectivity index (χ0v) is 22.6. The normalized spacial score (nSPS) is 17.5. The molecule has 5 rings (SSSR count). The summed E-state index contributed by atoms with van der Waals surface area (Å²) in [5.41, 5.74) is 0.0887. The molecule has 11 heteroatoms. The van der Waals surface area contributed by atoms with Gasteiger partial charge in [0.15, 0.2) is 10.8 Å². The van der Waals surface area contributed by atoms with Crippen molar-refractivity contribution in [2.75, 3.05) is 44.2 Å². The smallest absolute Gasteiger partial charge is 0.410 e. The molecule has 0 radical (unpaired) electrons. The van der Waals surface area contributed by atoms with Crippen molar-refractivity contribution >= 4 is 46.2 Å². The Morgan fingerprint density at radius 2 is 1.81 bits per heavy atom. The van der Waals surface area contributed by atoms with E-state index >= 15 is 0 Å². The third-order valence-corrected chi connectivity index (χ3v) is 8.11. The lowest BCUT2D eigenvalue weighted by Crippen LogP contribution is -2.50. The lowest BCUT2D eigenvalue weighted by molar-refractivity contribution is 0.0240. The Balaban J connectivity index is 1.42. The third-order valence-electron chi connectivity index (χ3n) is 6.23. The van der Waals surface area contributed by atoms with Crippen molar-refractivity contribution < 1.29 is 9.53 Å². The van der Waals surface area contributed by atoms with E-state index < -0.39 is 5.60 Å². The summed E-state index contributed by atoms with van der Waals surface area (Å²) in [6, 6.07) is 3.79. The van der Waals surface area contributed by atoms with Gasteiger partial charge in [-0.05, 0) is 57.7 Å². The average molecular weight is 529 g/mol. The second-order valence-electron chi connectivity index (χ2n) is 10.1. The van der Waals surface area contributed by atoms with Crippen LogP contribution in [0.5, 0.6) is 0 Å². The van der Waals surface area contributed by atoms with Crippen molar-refractivity contribution in [2.24, 2.45) is 0 Å². The van der Waals surface area contributed by atoms with Gasteiger partial charge in [-0.15, -0.1) is 11.3 Å². The second kappa shape index (κ2) is 10.4. The fourth-order valence-corrected chi connectivity index (χ4v) is 6.11. The Morgan fingerprint density at radius 3 is 2.47 bits per heavy atom. The third kappa shape index (κ3) is 5.52. The number of aromatic nitrogens is 3. The lowest BCUT2D eigenvalue weighted by atomic mass is 10.2. The predicted octanol–water partition coefficient (Wildman–Crippen LogP) is 4.39. The van der Waals surface area contributed by atoms with Gasteiger partial charge in [0, 0.05) is 57.0 Å². The van der Waals surface area contributed by atoms with E-state index in [4.69, 9.17) is 9.72 Å². The number of carbonyl (C=O) groups is 1. The summed E-state index contributed by atoms with van der Waals surface area (Å²) in [6.45, 7) is 10.00. The molecule has 5 heterocycles. The molecule has 0 unspecified atom stereocenters. The number of nitrogens with zero attached hydrogens (tertiary/aromatic N) is 6. The van der Waals surface area contributed by atoms with Gasteiger partial charge in [-0.25, -0.2) is 19.1 Å². The maximum atomic E-state index is 13.5. The highest BCUT2D eigenvalue weighted by Gasteiger charge is 2.27. The van der Waals surface area contributed by atoms with Crippen molar-refractivity contribution in [3.8, 4) is 5.13 Å². The molecule has 2 saturated heterocycles. The molecule has 1 amide bonds. The van der Waals surface area contributed by atoms with Crippen LogP contribution < -0.4 is 10.3 Å². The number of piperazine rings is 1. The standard InChI is InChI=1S/C25H32N6O3S2/c1-25(2,3)34-24(33)29-14-12-28(13-15-29)20-8-7-18-21(32)19(36-30-10-5-4-6-11-30)17-31(22(18)27-20)23-26-9-16-35-23/h7-9,16-17H,4-6,10-15H2,1-3H3. The molecule has 36 heavy (non-hydrogen) atoms. The Hall–Kier alpha value is -2.63. The number of pyridine rings is 2. The fraction of sp³-hybridized carbons (Fsp3) is 0.520. The van der Waals surface area contributed by atoms with Crippen molar-refractivity contribution in [3.63, 3.8) is 0 Å². The van der Waals surface area contributed by atoms with E-state index in [1.54, 1.807) is 23.0 Å². The quantitative estimate of drug-likeness (QED) is 0.461. The Labute approximate surface area is 219 Å². The molecule has 192 valence electrons. The number of ether oxygens (including phenoxy) is 1. The highest BCUT2D eigenvalue weighted by atomic mass is 32.2. The number of rotatable bonds is 4. The molecule has 3 aromatic heterocycles. The Morgan fingerprint density at radius 1 is 1.06 bits per heavy atom. The number of hydrogen-bond acceptors (Lipinski definition) is 9. The molecule has 9 nitrogen and oxygen atoms in total. The molecule has 0 aliphatic carbocycles. The average Bonchev–Trinajstić information content (AvgIpc) is 3.40. The summed E-state index contributed by atoms with van der Waals surface area (Å²) < 4.78 is 9.74. The molecule has 0 saturated carbocycles. The van der Waals surface area contributed by atoms with Crippen LogP contribution in [-0.2, 0) is 4.74 Å². The van der Waals surface area contributed by atoms with Gasteiger partial charge in [-0.1, -0.05) is 6.42 Å². The largest absolute Gasteiger partial charge is 0.444 e. The van der Waals surface area contributed by atoms with Crippen LogP contribution in [0.4, 0.5) is 10.6 Å². The van der Waals surface area contributed by atoms with Gasteiger partial charge < -0.3 is 14.5 Å². The monoisotopic (exact) mass is 528 g/mol. The molecule has 3 aromatic rings. The molecule has 2 fully saturated rings. The first kappa shape index (κ1) is 25.0. The van der Waals surface area contributed by atoms with E-state index in [0.717, 1.165) is 36.9 Å². The number of amides is 1. The van der Waals surface area contributed by atoms with E-state index in [1.165, 1.54) is 17.8 Å². The van der Waals surface area contributed by atoms with Crippen LogP contribution in [0, 0.1) is 0 Å². The van der Waals surface area contributed by atoms with Crippen LogP contribution in [0.25, 0.3) is 16.2 Å². The number of fused-ring (bicyclic) bond motifs is 1. The minimum absolute atomic E-state index is 0.00201. The van der Waals surface area contributed by atoms with Gasteiger partial charge in [-0.2, -0.15) is 0 Å². The first-order chi connectivity index (χ1) is 17.3. The van der Waals surface area contributed by atoms with E-state index in [0.29, 0.717) is 42.1 Å².